The second-order valence-electron chi connectivity index (χ2n) is 5.22. The molecular formula is C15H20FNO. The molecule has 1 aromatic carbocycles. The second-order valence-corrected chi connectivity index (χ2v) is 5.22. The van der Waals surface area contributed by atoms with Gasteiger partial charge in [0.25, 0.3) is 0 Å². The molecular weight excluding hydrogens is 229 g/mol. The summed E-state index contributed by atoms with van der Waals surface area (Å²) in [7, 11) is 2.14. The van der Waals surface area contributed by atoms with Gasteiger partial charge in [0, 0.05) is 12.0 Å². The Morgan fingerprint density at radius 3 is 2.50 bits per heavy atom. The predicted octanol–water partition coefficient (Wildman–Crippen LogP) is 3.13. The number of carbonyl (C=O) groups excluding carboxylic acids is 1. The Bertz CT molecular complexity index is 393. The van der Waals surface area contributed by atoms with Crippen LogP contribution in [0.4, 0.5) is 4.39 Å². The molecule has 2 nitrogen and oxygen atoms in total. The van der Waals surface area contributed by atoms with E-state index < -0.39 is 0 Å². The molecule has 1 aromatic rings. The van der Waals surface area contributed by atoms with Gasteiger partial charge in [0.2, 0.25) is 0 Å². The quantitative estimate of drug-likeness (QED) is 0.764. The zero-order chi connectivity index (χ0) is 13.0. The lowest BCUT2D eigenvalue weighted by Crippen LogP contribution is -2.30. The zero-order valence-corrected chi connectivity index (χ0v) is 10.9. The molecule has 1 saturated heterocycles. The van der Waals surface area contributed by atoms with Crippen molar-refractivity contribution in [2.75, 3.05) is 20.1 Å². The van der Waals surface area contributed by atoms with Crippen LogP contribution in [0.3, 0.4) is 0 Å². The third-order valence-electron chi connectivity index (χ3n) is 3.78. The van der Waals surface area contributed by atoms with E-state index in [9.17, 15) is 9.18 Å². The minimum Gasteiger partial charge on any atom is -0.306 e. The van der Waals surface area contributed by atoms with Gasteiger partial charge in [-0.1, -0.05) is 0 Å². The number of likely N-dealkylation sites (tertiary alicyclic amines) is 1. The number of hydrogen-bond donors (Lipinski definition) is 0. The lowest BCUT2D eigenvalue weighted by Gasteiger charge is -2.28. The highest BCUT2D eigenvalue weighted by atomic mass is 19.1. The molecule has 2 rings (SSSR count). The van der Waals surface area contributed by atoms with Gasteiger partial charge in [-0.25, -0.2) is 4.39 Å². The molecule has 1 aliphatic rings. The van der Waals surface area contributed by atoms with Crippen LogP contribution in [0.25, 0.3) is 0 Å². The topological polar surface area (TPSA) is 20.3 Å². The van der Waals surface area contributed by atoms with Crippen LogP contribution in [-0.4, -0.2) is 30.8 Å². The summed E-state index contributed by atoms with van der Waals surface area (Å²) in [6.45, 7) is 2.27. The fourth-order valence-electron chi connectivity index (χ4n) is 2.47. The van der Waals surface area contributed by atoms with Gasteiger partial charge in [0.15, 0.2) is 5.78 Å². The van der Waals surface area contributed by atoms with Gasteiger partial charge < -0.3 is 4.90 Å². The normalized spacial score (nSPS) is 17.9. The number of ketones is 1. The van der Waals surface area contributed by atoms with Crippen LogP contribution in [0.15, 0.2) is 24.3 Å². The van der Waals surface area contributed by atoms with Crippen LogP contribution in [0, 0.1) is 11.7 Å². The predicted molar refractivity (Wildman–Crippen MR) is 70.2 cm³/mol. The molecule has 0 atom stereocenters. The van der Waals surface area contributed by atoms with E-state index in [1.807, 2.05) is 0 Å². The summed E-state index contributed by atoms with van der Waals surface area (Å²) in [5.74, 6) is 0.515. The summed E-state index contributed by atoms with van der Waals surface area (Å²) in [4.78, 5) is 14.3. The Morgan fingerprint density at radius 2 is 1.89 bits per heavy atom. The van der Waals surface area contributed by atoms with Crippen molar-refractivity contribution < 1.29 is 9.18 Å². The van der Waals surface area contributed by atoms with Crippen molar-refractivity contribution in [3.8, 4) is 0 Å². The Kier molecular flexibility index (Phi) is 4.48. The fourth-order valence-corrected chi connectivity index (χ4v) is 2.47. The first kappa shape index (κ1) is 13.2. The summed E-state index contributed by atoms with van der Waals surface area (Å²) >= 11 is 0. The number of nitrogens with zero attached hydrogens (tertiary/aromatic N) is 1. The van der Waals surface area contributed by atoms with Gasteiger partial charge in [-0.15, -0.1) is 0 Å². The van der Waals surface area contributed by atoms with Gasteiger partial charge in [-0.05, 0) is 69.6 Å². The number of piperidine rings is 1. The molecule has 0 saturated carbocycles. The van der Waals surface area contributed by atoms with E-state index in [4.69, 9.17) is 0 Å². The van der Waals surface area contributed by atoms with Crippen LogP contribution in [0.2, 0.25) is 0 Å². The molecule has 1 fully saturated rings. The number of halogens is 1. The number of benzene rings is 1. The van der Waals surface area contributed by atoms with Crippen molar-refractivity contribution in [1.29, 1.82) is 0 Å². The van der Waals surface area contributed by atoms with Gasteiger partial charge in [-0.2, -0.15) is 0 Å². The summed E-state index contributed by atoms with van der Waals surface area (Å²) < 4.78 is 12.7. The van der Waals surface area contributed by atoms with Crippen LogP contribution in [-0.2, 0) is 0 Å². The maximum Gasteiger partial charge on any atom is 0.162 e. The Morgan fingerprint density at radius 1 is 1.28 bits per heavy atom. The van der Waals surface area contributed by atoms with Gasteiger partial charge in [0.05, 0.1) is 0 Å². The molecule has 0 radical (unpaired) electrons. The average Bonchev–Trinajstić information content (AvgIpc) is 2.38. The Hall–Kier alpha value is -1.22. The van der Waals surface area contributed by atoms with Gasteiger partial charge in [-0.3, -0.25) is 4.79 Å². The van der Waals surface area contributed by atoms with E-state index in [-0.39, 0.29) is 11.6 Å². The summed E-state index contributed by atoms with van der Waals surface area (Å²) in [6, 6.07) is 5.85. The number of carbonyl (C=O) groups is 1. The SMILES string of the molecule is CN1CCC(CCC(=O)c2ccc(F)cc2)CC1. The van der Waals surface area contributed by atoms with Crippen LogP contribution >= 0.6 is 0 Å². The monoisotopic (exact) mass is 249 g/mol. The first-order valence-corrected chi connectivity index (χ1v) is 6.62. The van der Waals surface area contributed by atoms with Gasteiger partial charge >= 0.3 is 0 Å². The van der Waals surface area contributed by atoms with E-state index >= 15 is 0 Å². The number of hydrogen-bond acceptors (Lipinski definition) is 2. The lowest BCUT2D eigenvalue weighted by molar-refractivity contribution is 0.0965. The zero-order valence-electron chi connectivity index (χ0n) is 10.9. The maximum absolute atomic E-state index is 12.7. The molecule has 0 N–H and O–H groups in total. The Balaban J connectivity index is 1.79. The standard InChI is InChI=1S/C15H20FNO/c1-17-10-8-12(9-11-17)2-7-15(18)13-3-5-14(16)6-4-13/h3-6,12H,2,7-11H2,1H3. The Labute approximate surface area is 108 Å². The highest BCUT2D eigenvalue weighted by Gasteiger charge is 2.17. The van der Waals surface area contributed by atoms with Crippen molar-refractivity contribution in [2.45, 2.75) is 25.7 Å². The molecule has 0 bridgehead atoms. The largest absolute Gasteiger partial charge is 0.306 e. The number of Topliss-reactive ketones (excluding diaryl/α,β-unsaturated/α-hetero) is 1. The number of rotatable bonds is 4. The first-order chi connectivity index (χ1) is 8.65. The van der Waals surface area contributed by atoms with Crippen LogP contribution in [0.5, 0.6) is 0 Å². The lowest BCUT2D eigenvalue weighted by atomic mass is 9.90. The summed E-state index contributed by atoms with van der Waals surface area (Å²) in [5, 5.41) is 0. The molecule has 0 aliphatic carbocycles. The minimum atomic E-state index is -0.290. The first-order valence-electron chi connectivity index (χ1n) is 6.62. The maximum atomic E-state index is 12.7. The highest BCUT2D eigenvalue weighted by molar-refractivity contribution is 5.95. The van der Waals surface area contributed by atoms with Crippen molar-refractivity contribution in [2.24, 2.45) is 5.92 Å². The average molecular weight is 249 g/mol. The molecule has 1 aliphatic heterocycles. The van der Waals surface area contributed by atoms with Crippen molar-refractivity contribution in [3.05, 3.63) is 35.6 Å². The molecule has 3 heteroatoms. The van der Waals surface area contributed by atoms with Crippen LogP contribution in [0.1, 0.15) is 36.0 Å². The third kappa shape index (κ3) is 3.64. The van der Waals surface area contributed by atoms with Gasteiger partial charge in [0.1, 0.15) is 5.82 Å². The van der Waals surface area contributed by atoms with Crippen molar-refractivity contribution in [1.82, 2.24) is 4.90 Å². The van der Waals surface area contributed by atoms with Crippen LogP contribution < -0.4 is 0 Å². The second kappa shape index (κ2) is 6.10. The fraction of sp³-hybridized carbons (Fsp3) is 0.533. The summed E-state index contributed by atoms with van der Waals surface area (Å²) in [5.41, 5.74) is 0.629. The minimum absolute atomic E-state index is 0.133. The van der Waals surface area contributed by atoms with E-state index in [1.54, 1.807) is 12.1 Å². The van der Waals surface area contributed by atoms with Crippen molar-refractivity contribution in [3.63, 3.8) is 0 Å². The van der Waals surface area contributed by atoms with Crippen molar-refractivity contribution >= 4 is 5.78 Å². The molecule has 18 heavy (non-hydrogen) atoms. The van der Waals surface area contributed by atoms with E-state index in [0.29, 0.717) is 17.9 Å². The molecule has 0 spiro atoms. The third-order valence-corrected chi connectivity index (χ3v) is 3.78. The molecule has 1 heterocycles. The smallest absolute Gasteiger partial charge is 0.162 e. The summed E-state index contributed by atoms with van der Waals surface area (Å²) in [6.07, 6.45) is 3.92. The highest BCUT2D eigenvalue weighted by Crippen LogP contribution is 2.22. The van der Waals surface area contributed by atoms with E-state index in [1.165, 1.54) is 25.0 Å². The molecule has 0 unspecified atom stereocenters. The molecule has 98 valence electrons. The van der Waals surface area contributed by atoms with E-state index in [2.05, 4.69) is 11.9 Å². The molecule has 0 aromatic heterocycles. The van der Waals surface area contributed by atoms with E-state index in [0.717, 1.165) is 19.5 Å². The molecule has 0 amide bonds.